The van der Waals surface area contributed by atoms with Crippen LogP contribution in [0.2, 0.25) is 0 Å². The van der Waals surface area contributed by atoms with E-state index >= 15 is 0 Å². The first-order valence-corrected chi connectivity index (χ1v) is 5.09. The molecule has 4 nitrogen and oxygen atoms in total. The van der Waals surface area contributed by atoms with Gasteiger partial charge < -0.3 is 10.6 Å². The lowest BCUT2D eigenvalue weighted by Gasteiger charge is -2.39. The Hall–Kier alpha value is -1.16. The molecule has 2 N–H and O–H groups in total. The van der Waals surface area contributed by atoms with Crippen LogP contribution in [0, 0.1) is 5.92 Å². The van der Waals surface area contributed by atoms with Gasteiger partial charge in [-0.05, 0) is 13.0 Å². The Kier molecular flexibility index (Phi) is 2.63. The molecule has 0 atom stereocenters. The van der Waals surface area contributed by atoms with Gasteiger partial charge in [0.1, 0.15) is 12.1 Å². The minimum absolute atomic E-state index is 0.648. The molecule has 2 heterocycles. The fourth-order valence-corrected chi connectivity index (χ4v) is 1.66. The third-order valence-electron chi connectivity index (χ3n) is 2.69. The Bertz CT molecular complexity index is 307. The summed E-state index contributed by atoms with van der Waals surface area (Å²) in [5.74, 6) is 1.69. The minimum Gasteiger partial charge on any atom is -0.356 e. The maximum atomic E-state index is 5.57. The molecular weight excluding hydrogens is 176 g/mol. The molecular formula is C10H16N4. The molecule has 0 aromatic carbocycles. The van der Waals surface area contributed by atoms with Gasteiger partial charge in [0.2, 0.25) is 0 Å². The normalized spacial score (nSPS) is 16.9. The first-order valence-electron chi connectivity index (χ1n) is 5.09. The second kappa shape index (κ2) is 3.92. The van der Waals surface area contributed by atoms with Crippen LogP contribution in [0.3, 0.4) is 0 Å². The van der Waals surface area contributed by atoms with E-state index in [1.54, 1.807) is 6.33 Å². The van der Waals surface area contributed by atoms with Gasteiger partial charge >= 0.3 is 0 Å². The Morgan fingerprint density at radius 1 is 1.50 bits per heavy atom. The lowest BCUT2D eigenvalue weighted by atomic mass is 10.0. The molecule has 1 saturated heterocycles. The van der Waals surface area contributed by atoms with Crippen LogP contribution < -0.4 is 10.6 Å². The average molecular weight is 192 g/mol. The van der Waals surface area contributed by atoms with Crippen molar-refractivity contribution >= 4 is 5.82 Å². The largest absolute Gasteiger partial charge is 0.356 e. The Morgan fingerprint density at radius 2 is 2.29 bits per heavy atom. The maximum Gasteiger partial charge on any atom is 0.132 e. The van der Waals surface area contributed by atoms with Crippen LogP contribution in [0.25, 0.3) is 0 Å². The summed E-state index contributed by atoms with van der Waals surface area (Å²) in [5.41, 5.74) is 6.67. The second-order valence-electron chi connectivity index (χ2n) is 3.73. The van der Waals surface area contributed by atoms with Crippen molar-refractivity contribution in [2.45, 2.75) is 13.3 Å². The minimum atomic E-state index is 0.648. The third kappa shape index (κ3) is 1.70. The van der Waals surface area contributed by atoms with E-state index < -0.39 is 0 Å². The predicted octanol–water partition coefficient (Wildman–Crippen LogP) is 0.434. The van der Waals surface area contributed by atoms with Gasteiger partial charge in [-0.15, -0.1) is 0 Å². The molecule has 0 aliphatic carbocycles. The van der Waals surface area contributed by atoms with Gasteiger partial charge in [-0.25, -0.2) is 9.97 Å². The maximum absolute atomic E-state index is 5.57. The number of aromatic nitrogens is 2. The van der Waals surface area contributed by atoms with Gasteiger partial charge in [-0.3, -0.25) is 0 Å². The first kappa shape index (κ1) is 9.40. The van der Waals surface area contributed by atoms with Crippen molar-refractivity contribution in [3.8, 4) is 0 Å². The molecule has 1 aromatic rings. The molecule has 0 spiro atoms. The van der Waals surface area contributed by atoms with Crippen molar-refractivity contribution in [1.29, 1.82) is 0 Å². The number of aryl methyl sites for hydroxylation is 1. The van der Waals surface area contributed by atoms with Crippen molar-refractivity contribution in [3.05, 3.63) is 18.1 Å². The van der Waals surface area contributed by atoms with Crippen LogP contribution in [0.5, 0.6) is 0 Å². The zero-order chi connectivity index (χ0) is 9.97. The van der Waals surface area contributed by atoms with Crippen molar-refractivity contribution in [3.63, 3.8) is 0 Å². The van der Waals surface area contributed by atoms with E-state index in [4.69, 9.17) is 5.73 Å². The molecule has 76 valence electrons. The van der Waals surface area contributed by atoms with Crippen LogP contribution in [0.15, 0.2) is 12.4 Å². The van der Waals surface area contributed by atoms with Gasteiger partial charge in [-0.2, -0.15) is 0 Å². The van der Waals surface area contributed by atoms with Crippen LogP contribution in [0.4, 0.5) is 5.82 Å². The number of hydrogen-bond acceptors (Lipinski definition) is 4. The zero-order valence-corrected chi connectivity index (χ0v) is 8.48. The van der Waals surface area contributed by atoms with Crippen molar-refractivity contribution in [2.24, 2.45) is 11.7 Å². The fraction of sp³-hybridized carbons (Fsp3) is 0.600. The van der Waals surface area contributed by atoms with Crippen LogP contribution in [-0.4, -0.2) is 29.6 Å². The Labute approximate surface area is 84.2 Å². The molecule has 14 heavy (non-hydrogen) atoms. The van der Waals surface area contributed by atoms with E-state index in [9.17, 15) is 0 Å². The molecule has 0 unspecified atom stereocenters. The van der Waals surface area contributed by atoms with Crippen LogP contribution in [0.1, 0.15) is 12.6 Å². The van der Waals surface area contributed by atoms with Crippen molar-refractivity contribution in [1.82, 2.24) is 9.97 Å². The highest BCUT2D eigenvalue weighted by Gasteiger charge is 2.26. The summed E-state index contributed by atoms with van der Waals surface area (Å²) >= 11 is 0. The van der Waals surface area contributed by atoms with E-state index in [1.165, 1.54) is 0 Å². The molecule has 0 amide bonds. The Balaban J connectivity index is 2.03. The number of rotatable bonds is 3. The lowest BCUT2D eigenvalue weighted by Crippen LogP contribution is -2.50. The monoisotopic (exact) mass is 192 g/mol. The highest BCUT2D eigenvalue weighted by atomic mass is 15.2. The van der Waals surface area contributed by atoms with Gasteiger partial charge in [0, 0.05) is 30.8 Å². The Morgan fingerprint density at radius 3 is 2.93 bits per heavy atom. The summed E-state index contributed by atoms with van der Waals surface area (Å²) in [4.78, 5) is 10.7. The average Bonchev–Trinajstić information content (AvgIpc) is 2.17. The molecule has 1 fully saturated rings. The number of nitrogens with two attached hydrogens (primary N) is 1. The zero-order valence-electron chi connectivity index (χ0n) is 8.48. The predicted molar refractivity (Wildman–Crippen MR) is 56.2 cm³/mol. The molecule has 2 rings (SSSR count). The molecule has 0 bridgehead atoms. The third-order valence-corrected chi connectivity index (χ3v) is 2.69. The van der Waals surface area contributed by atoms with Crippen LogP contribution >= 0.6 is 0 Å². The smallest absolute Gasteiger partial charge is 0.132 e. The van der Waals surface area contributed by atoms with Gasteiger partial charge in [-0.1, -0.05) is 6.92 Å². The summed E-state index contributed by atoms with van der Waals surface area (Å²) in [6, 6.07) is 2.06. The highest BCUT2D eigenvalue weighted by molar-refractivity contribution is 5.42. The fourth-order valence-electron chi connectivity index (χ4n) is 1.66. The molecule has 1 aromatic heterocycles. The van der Waals surface area contributed by atoms with Crippen molar-refractivity contribution < 1.29 is 0 Å². The van der Waals surface area contributed by atoms with E-state index in [-0.39, 0.29) is 0 Å². The second-order valence-corrected chi connectivity index (χ2v) is 3.73. The standard InChI is InChI=1S/C10H16N4/c1-2-9-3-10(13-7-12-9)14-5-8(4-11)6-14/h3,7-8H,2,4-6,11H2,1H3. The van der Waals surface area contributed by atoms with Crippen molar-refractivity contribution in [2.75, 3.05) is 24.5 Å². The summed E-state index contributed by atoms with van der Waals surface area (Å²) in [6.07, 6.45) is 2.60. The first-order chi connectivity index (χ1) is 6.83. The quantitative estimate of drug-likeness (QED) is 0.754. The number of nitrogens with zero attached hydrogens (tertiary/aromatic N) is 3. The molecule has 4 heteroatoms. The van der Waals surface area contributed by atoms with Gasteiger partial charge in [0.15, 0.2) is 0 Å². The topological polar surface area (TPSA) is 55.0 Å². The summed E-state index contributed by atoms with van der Waals surface area (Å²) in [7, 11) is 0. The van der Waals surface area contributed by atoms with E-state index in [0.717, 1.165) is 37.6 Å². The van der Waals surface area contributed by atoms with E-state index in [1.807, 2.05) is 0 Å². The number of anilines is 1. The lowest BCUT2D eigenvalue weighted by molar-refractivity contribution is 0.416. The summed E-state index contributed by atoms with van der Waals surface area (Å²) in [5, 5.41) is 0. The molecule has 1 aliphatic heterocycles. The van der Waals surface area contributed by atoms with Gasteiger partial charge in [0.25, 0.3) is 0 Å². The molecule has 0 saturated carbocycles. The molecule has 0 radical (unpaired) electrons. The van der Waals surface area contributed by atoms with Gasteiger partial charge in [0.05, 0.1) is 0 Å². The highest BCUT2D eigenvalue weighted by Crippen LogP contribution is 2.21. The SMILES string of the molecule is CCc1cc(N2CC(CN)C2)ncn1. The molecule has 1 aliphatic rings. The van der Waals surface area contributed by atoms with E-state index in [2.05, 4.69) is 27.9 Å². The summed E-state index contributed by atoms with van der Waals surface area (Å²) in [6.45, 7) is 4.96. The van der Waals surface area contributed by atoms with Crippen LogP contribution in [-0.2, 0) is 6.42 Å². The number of hydrogen-bond donors (Lipinski definition) is 1. The van der Waals surface area contributed by atoms with E-state index in [0.29, 0.717) is 5.92 Å². The summed E-state index contributed by atoms with van der Waals surface area (Å²) < 4.78 is 0.